The summed E-state index contributed by atoms with van der Waals surface area (Å²) >= 11 is 0. The van der Waals surface area contributed by atoms with Crippen molar-refractivity contribution in [3.8, 4) is 5.75 Å². The smallest absolute Gasteiger partial charge is 0.407 e. The predicted octanol–water partition coefficient (Wildman–Crippen LogP) is 2.08. The van der Waals surface area contributed by atoms with Gasteiger partial charge in [-0.1, -0.05) is 32.0 Å². The van der Waals surface area contributed by atoms with Crippen LogP contribution in [0.1, 0.15) is 25.8 Å². The Kier molecular flexibility index (Phi) is 9.34. The van der Waals surface area contributed by atoms with E-state index in [0.29, 0.717) is 18.7 Å². The van der Waals surface area contributed by atoms with Crippen LogP contribution in [0.4, 0.5) is 10.5 Å². The van der Waals surface area contributed by atoms with Gasteiger partial charge in [-0.05, 0) is 54.7 Å². The molecule has 2 aromatic carbocycles. The topological polar surface area (TPSA) is 161 Å². The lowest BCUT2D eigenvalue weighted by molar-refractivity contribution is -0.0907. The molecule has 5 atom stereocenters. The van der Waals surface area contributed by atoms with Crippen molar-refractivity contribution in [1.82, 2.24) is 9.62 Å². The van der Waals surface area contributed by atoms with E-state index in [9.17, 15) is 23.4 Å². The van der Waals surface area contributed by atoms with Gasteiger partial charge in [-0.3, -0.25) is 0 Å². The van der Waals surface area contributed by atoms with E-state index in [4.69, 9.17) is 19.9 Å². The van der Waals surface area contributed by atoms with Crippen LogP contribution in [-0.2, 0) is 30.7 Å². The Hall–Kier alpha value is -2.90. The van der Waals surface area contributed by atoms with Gasteiger partial charge in [-0.2, -0.15) is 4.31 Å². The van der Waals surface area contributed by atoms with Crippen LogP contribution >= 0.6 is 0 Å². The second kappa shape index (κ2) is 12.5. The van der Waals surface area contributed by atoms with E-state index in [-0.39, 0.29) is 54.9 Å². The fourth-order valence-corrected chi connectivity index (χ4v) is 6.55. The van der Waals surface area contributed by atoms with E-state index >= 15 is 0 Å². The summed E-state index contributed by atoms with van der Waals surface area (Å²) in [6, 6.07) is 11.4. The number of nitrogen functional groups attached to an aromatic ring is 1. The summed E-state index contributed by atoms with van der Waals surface area (Å²) in [6.45, 7) is 4.38. The molecule has 2 heterocycles. The number of nitrogens with two attached hydrogens (primary N) is 1. The van der Waals surface area contributed by atoms with Gasteiger partial charge in [-0.25, -0.2) is 13.2 Å². The summed E-state index contributed by atoms with van der Waals surface area (Å²) in [6.07, 6.45) is -2.01. The maximum Gasteiger partial charge on any atom is 0.407 e. The molecular weight excluding hydrogens is 526 g/mol. The molecule has 2 aromatic rings. The normalized spacial score (nSPS) is 22.5. The Morgan fingerprint density at radius 2 is 1.92 bits per heavy atom. The quantitative estimate of drug-likeness (QED) is 0.300. The first-order chi connectivity index (χ1) is 18.5. The molecule has 214 valence electrons. The Morgan fingerprint density at radius 1 is 1.18 bits per heavy atom. The first kappa shape index (κ1) is 29.1. The van der Waals surface area contributed by atoms with E-state index < -0.39 is 34.4 Å². The molecule has 2 fully saturated rings. The number of rotatable bonds is 11. The Bertz CT molecular complexity index is 1220. The third-order valence-corrected chi connectivity index (χ3v) is 8.69. The molecule has 0 saturated carbocycles. The van der Waals surface area contributed by atoms with E-state index in [0.717, 1.165) is 5.56 Å². The molecule has 0 radical (unpaired) electrons. The number of carbonyl (C=O) groups is 1. The van der Waals surface area contributed by atoms with Gasteiger partial charge in [0.1, 0.15) is 11.9 Å². The van der Waals surface area contributed by atoms with Crippen molar-refractivity contribution in [3.63, 3.8) is 0 Å². The monoisotopic (exact) mass is 563 g/mol. The molecule has 39 heavy (non-hydrogen) atoms. The number of amides is 1. The molecule has 0 bridgehead atoms. The predicted molar refractivity (Wildman–Crippen MR) is 143 cm³/mol. The van der Waals surface area contributed by atoms with Gasteiger partial charge in [0.15, 0.2) is 6.29 Å². The van der Waals surface area contributed by atoms with Crippen molar-refractivity contribution in [2.45, 2.75) is 56.1 Å². The van der Waals surface area contributed by atoms with Gasteiger partial charge in [0.25, 0.3) is 0 Å². The number of carbonyl (C=O) groups excluding carboxylic acids is 1. The summed E-state index contributed by atoms with van der Waals surface area (Å²) in [5.41, 5.74) is 6.86. The molecule has 2 aliphatic rings. The van der Waals surface area contributed by atoms with Crippen molar-refractivity contribution >= 4 is 21.8 Å². The van der Waals surface area contributed by atoms with Gasteiger partial charge in [-0.15, -0.1) is 0 Å². The van der Waals surface area contributed by atoms with Gasteiger partial charge in [0, 0.05) is 18.8 Å². The second-order valence-electron chi connectivity index (χ2n) is 10.4. The molecule has 0 aliphatic carbocycles. The molecule has 0 spiro atoms. The highest BCUT2D eigenvalue weighted by molar-refractivity contribution is 7.89. The number of fused-ring (bicyclic) bond motifs is 1. The first-order valence-electron chi connectivity index (χ1n) is 13.0. The number of aliphatic hydroxyl groups is 1. The lowest BCUT2D eigenvalue weighted by atomic mass is 10.0. The molecule has 2 saturated heterocycles. The minimum Gasteiger partial charge on any atom is -0.508 e. The number of anilines is 1. The fraction of sp³-hybridized carbons (Fsp3) is 0.519. The number of nitrogens with one attached hydrogen (secondary N) is 1. The maximum atomic E-state index is 13.5. The van der Waals surface area contributed by atoms with Gasteiger partial charge in [0.2, 0.25) is 10.0 Å². The molecule has 11 nitrogen and oxygen atoms in total. The highest BCUT2D eigenvalue weighted by Crippen LogP contribution is 2.33. The van der Waals surface area contributed by atoms with Crippen LogP contribution in [0.2, 0.25) is 0 Å². The number of hydrogen-bond donors (Lipinski definition) is 4. The summed E-state index contributed by atoms with van der Waals surface area (Å²) < 4.78 is 44.9. The highest BCUT2D eigenvalue weighted by atomic mass is 32.2. The number of sulfonamides is 1. The third kappa shape index (κ3) is 7.40. The SMILES string of the molecule is CC(C)CN(C[C@@H](O)[C@H](Cc1ccc(O)cc1)NC(=O)O[C@H]1COC2OCCC21)S(=O)(=O)c1cccc(N)c1. The number of aliphatic hydroxyl groups excluding tert-OH is 1. The zero-order valence-electron chi connectivity index (χ0n) is 22.1. The Labute approximate surface area is 228 Å². The second-order valence-corrected chi connectivity index (χ2v) is 12.4. The van der Waals surface area contributed by atoms with Crippen LogP contribution in [0.3, 0.4) is 0 Å². The lowest BCUT2D eigenvalue weighted by Crippen LogP contribution is -2.51. The van der Waals surface area contributed by atoms with Gasteiger partial charge >= 0.3 is 6.09 Å². The summed E-state index contributed by atoms with van der Waals surface area (Å²) in [5.74, 6) is -0.0132. The number of ether oxygens (including phenoxy) is 3. The van der Waals surface area contributed by atoms with Crippen molar-refractivity contribution in [1.29, 1.82) is 0 Å². The molecule has 2 aliphatic heterocycles. The van der Waals surface area contributed by atoms with E-state index in [2.05, 4.69) is 5.32 Å². The van der Waals surface area contributed by atoms with Crippen LogP contribution in [-0.4, -0.2) is 79.9 Å². The third-order valence-electron chi connectivity index (χ3n) is 6.86. The number of benzene rings is 2. The maximum absolute atomic E-state index is 13.5. The largest absolute Gasteiger partial charge is 0.508 e. The number of aromatic hydroxyl groups is 1. The van der Waals surface area contributed by atoms with Crippen LogP contribution in [0.25, 0.3) is 0 Å². The van der Waals surface area contributed by atoms with E-state index in [1.165, 1.54) is 28.6 Å². The fourth-order valence-electron chi connectivity index (χ4n) is 4.88. The van der Waals surface area contributed by atoms with Gasteiger partial charge in [0.05, 0.1) is 36.2 Å². The molecule has 5 N–H and O–H groups in total. The Morgan fingerprint density at radius 3 is 2.62 bits per heavy atom. The number of nitrogens with zero attached hydrogens (tertiary/aromatic N) is 1. The highest BCUT2D eigenvalue weighted by Gasteiger charge is 2.44. The van der Waals surface area contributed by atoms with Crippen molar-refractivity contribution < 1.29 is 37.6 Å². The van der Waals surface area contributed by atoms with Crippen LogP contribution in [0, 0.1) is 11.8 Å². The minimum absolute atomic E-state index is 0.0207. The average molecular weight is 564 g/mol. The average Bonchev–Trinajstić information content (AvgIpc) is 3.49. The number of hydrogen-bond acceptors (Lipinski definition) is 9. The molecule has 0 aromatic heterocycles. The van der Waals surface area contributed by atoms with E-state index in [1.807, 2.05) is 13.8 Å². The number of phenolic OH excluding ortho intramolecular Hbond substituents is 1. The van der Waals surface area contributed by atoms with E-state index in [1.54, 1.807) is 24.3 Å². The van der Waals surface area contributed by atoms with Crippen LogP contribution in [0.5, 0.6) is 5.75 Å². The minimum atomic E-state index is -4.00. The zero-order valence-corrected chi connectivity index (χ0v) is 22.9. The molecule has 4 rings (SSSR count). The number of alkyl carbamates (subject to hydrolysis) is 1. The van der Waals surface area contributed by atoms with Crippen molar-refractivity contribution in [2.24, 2.45) is 11.8 Å². The lowest BCUT2D eigenvalue weighted by Gasteiger charge is -2.31. The van der Waals surface area contributed by atoms with Crippen LogP contribution < -0.4 is 11.1 Å². The summed E-state index contributed by atoms with van der Waals surface area (Å²) in [5, 5.41) is 23.7. The van der Waals surface area contributed by atoms with Crippen molar-refractivity contribution in [2.75, 3.05) is 32.0 Å². The molecule has 1 amide bonds. The molecule has 2 unspecified atom stereocenters. The first-order valence-corrected chi connectivity index (χ1v) is 14.5. The van der Waals surface area contributed by atoms with Gasteiger partial charge < -0.3 is 35.5 Å². The number of phenols is 1. The zero-order chi connectivity index (χ0) is 28.2. The summed E-state index contributed by atoms with van der Waals surface area (Å²) in [7, 11) is -4.00. The molecule has 12 heteroatoms. The summed E-state index contributed by atoms with van der Waals surface area (Å²) in [4.78, 5) is 13.0. The standard InChI is InChI=1S/C27H37N3O8S/c1-17(2)14-30(39(34,35)21-5-3-4-19(28)13-21)15-24(32)23(12-18-6-8-20(31)9-7-18)29-27(33)38-25-16-37-26-22(25)10-11-36-26/h3-9,13,17,22-26,31-32H,10-12,14-16,28H2,1-2H3,(H,29,33)/t22?,23-,24+,25-,26?/m0/s1. The Balaban J connectivity index is 1.52. The molecular formula is C27H37N3O8S. The van der Waals surface area contributed by atoms with Crippen LogP contribution in [0.15, 0.2) is 53.4 Å². The van der Waals surface area contributed by atoms with Crippen molar-refractivity contribution in [3.05, 3.63) is 54.1 Å².